The maximum Gasteiger partial charge on any atom is 0.269 e. The summed E-state index contributed by atoms with van der Waals surface area (Å²) in [4.78, 5) is 9.85. The van der Waals surface area contributed by atoms with Crippen molar-refractivity contribution in [2.75, 3.05) is 0 Å². The molecule has 0 aliphatic heterocycles. The molecule has 2 atom stereocenters. The van der Waals surface area contributed by atoms with E-state index in [0.717, 1.165) is 0 Å². The Morgan fingerprint density at radius 1 is 1.43 bits per heavy atom. The quantitative estimate of drug-likeness (QED) is 0.557. The highest BCUT2D eigenvalue weighted by Gasteiger charge is 2.13. The number of aliphatic hydroxyl groups is 1. The van der Waals surface area contributed by atoms with Gasteiger partial charge in [0.1, 0.15) is 0 Å². The van der Waals surface area contributed by atoms with Gasteiger partial charge in [0, 0.05) is 18.2 Å². The minimum Gasteiger partial charge on any atom is -0.387 e. The van der Waals surface area contributed by atoms with Crippen LogP contribution in [0.5, 0.6) is 0 Å². The molecule has 0 saturated heterocycles. The molecule has 0 spiro atoms. The normalized spacial score (nSPS) is 14.8. The number of nitro benzene ring substituents is 1. The molecular formula is C9H12N2O3. The molecular weight excluding hydrogens is 184 g/mol. The van der Waals surface area contributed by atoms with Crippen LogP contribution in [0.4, 0.5) is 5.69 Å². The molecule has 0 saturated carbocycles. The molecule has 1 rings (SSSR count). The molecule has 0 amide bonds. The molecule has 1 aromatic rings. The first-order chi connectivity index (χ1) is 6.52. The van der Waals surface area contributed by atoms with Crippen molar-refractivity contribution in [3.63, 3.8) is 0 Å². The summed E-state index contributed by atoms with van der Waals surface area (Å²) in [6.45, 7) is 1.67. The van der Waals surface area contributed by atoms with E-state index in [-0.39, 0.29) is 5.69 Å². The number of nitro groups is 1. The van der Waals surface area contributed by atoms with Crippen LogP contribution in [0.3, 0.4) is 0 Å². The standard InChI is InChI=1S/C9H12N2O3/c1-6(10)9(12)7-2-4-8(5-3-7)11(13)14/h2-6,9,12H,10H2,1H3/t6-,9-/m1/s1. The third-order valence-electron chi connectivity index (χ3n) is 1.94. The third-order valence-corrected chi connectivity index (χ3v) is 1.94. The van der Waals surface area contributed by atoms with Gasteiger partial charge in [-0.05, 0) is 24.6 Å². The minimum atomic E-state index is -0.782. The van der Waals surface area contributed by atoms with Crippen molar-refractivity contribution in [1.29, 1.82) is 0 Å². The van der Waals surface area contributed by atoms with Crippen molar-refractivity contribution in [2.24, 2.45) is 5.73 Å². The molecule has 0 aliphatic rings. The third kappa shape index (κ3) is 2.27. The van der Waals surface area contributed by atoms with Crippen LogP contribution >= 0.6 is 0 Å². The predicted molar refractivity (Wildman–Crippen MR) is 51.7 cm³/mol. The Morgan fingerprint density at radius 3 is 2.29 bits per heavy atom. The number of rotatable bonds is 3. The topological polar surface area (TPSA) is 89.4 Å². The molecule has 0 bridgehead atoms. The number of aliphatic hydroxyl groups excluding tert-OH is 1. The molecule has 0 aliphatic carbocycles. The number of hydrogen-bond acceptors (Lipinski definition) is 4. The zero-order valence-corrected chi connectivity index (χ0v) is 7.75. The van der Waals surface area contributed by atoms with Crippen molar-refractivity contribution >= 4 is 5.69 Å². The molecule has 0 aromatic heterocycles. The fraction of sp³-hybridized carbons (Fsp3) is 0.333. The van der Waals surface area contributed by atoms with Gasteiger partial charge in [-0.1, -0.05) is 0 Å². The molecule has 5 heteroatoms. The van der Waals surface area contributed by atoms with Gasteiger partial charge in [-0.3, -0.25) is 10.1 Å². The summed E-state index contributed by atoms with van der Waals surface area (Å²) in [5.41, 5.74) is 6.08. The zero-order valence-electron chi connectivity index (χ0n) is 7.75. The Labute approximate surface area is 81.3 Å². The van der Waals surface area contributed by atoms with E-state index in [1.165, 1.54) is 24.3 Å². The van der Waals surface area contributed by atoms with Gasteiger partial charge in [0.05, 0.1) is 11.0 Å². The van der Waals surface area contributed by atoms with Gasteiger partial charge in [0.15, 0.2) is 0 Å². The van der Waals surface area contributed by atoms with Crippen LogP contribution in [-0.4, -0.2) is 16.1 Å². The van der Waals surface area contributed by atoms with Crippen molar-refractivity contribution in [3.05, 3.63) is 39.9 Å². The van der Waals surface area contributed by atoms with Crippen LogP contribution in [0.2, 0.25) is 0 Å². The van der Waals surface area contributed by atoms with Gasteiger partial charge in [0.25, 0.3) is 5.69 Å². The van der Waals surface area contributed by atoms with Crippen LogP contribution in [0.1, 0.15) is 18.6 Å². The van der Waals surface area contributed by atoms with E-state index in [4.69, 9.17) is 5.73 Å². The Kier molecular flexibility index (Phi) is 3.16. The smallest absolute Gasteiger partial charge is 0.269 e. The highest BCUT2D eigenvalue weighted by atomic mass is 16.6. The van der Waals surface area contributed by atoms with E-state index in [2.05, 4.69) is 0 Å². The fourth-order valence-corrected chi connectivity index (χ4v) is 1.10. The van der Waals surface area contributed by atoms with Crippen molar-refractivity contribution in [2.45, 2.75) is 19.1 Å². The van der Waals surface area contributed by atoms with E-state index < -0.39 is 17.1 Å². The number of hydrogen-bond donors (Lipinski definition) is 2. The lowest BCUT2D eigenvalue weighted by molar-refractivity contribution is -0.384. The average molecular weight is 196 g/mol. The zero-order chi connectivity index (χ0) is 10.7. The van der Waals surface area contributed by atoms with Crippen LogP contribution in [-0.2, 0) is 0 Å². The minimum absolute atomic E-state index is 0.00521. The lowest BCUT2D eigenvalue weighted by Crippen LogP contribution is -2.24. The van der Waals surface area contributed by atoms with Gasteiger partial charge >= 0.3 is 0 Å². The maximum absolute atomic E-state index is 10.3. The van der Waals surface area contributed by atoms with E-state index >= 15 is 0 Å². The van der Waals surface area contributed by atoms with E-state index in [0.29, 0.717) is 5.56 Å². The SMILES string of the molecule is C[C@@H](N)[C@@H](O)c1ccc([N+](=O)[O-])cc1. The summed E-state index contributed by atoms with van der Waals surface area (Å²) in [6.07, 6.45) is -0.782. The summed E-state index contributed by atoms with van der Waals surface area (Å²) in [5, 5.41) is 19.9. The highest BCUT2D eigenvalue weighted by Crippen LogP contribution is 2.19. The molecule has 14 heavy (non-hydrogen) atoms. The second-order valence-electron chi connectivity index (χ2n) is 3.15. The van der Waals surface area contributed by atoms with Crippen LogP contribution in [0, 0.1) is 10.1 Å². The average Bonchev–Trinajstić information content (AvgIpc) is 2.16. The first-order valence-electron chi connectivity index (χ1n) is 4.20. The van der Waals surface area contributed by atoms with Gasteiger partial charge < -0.3 is 10.8 Å². The summed E-state index contributed by atoms with van der Waals surface area (Å²) in [7, 11) is 0. The van der Waals surface area contributed by atoms with E-state index in [9.17, 15) is 15.2 Å². The van der Waals surface area contributed by atoms with Gasteiger partial charge in [-0.2, -0.15) is 0 Å². The molecule has 3 N–H and O–H groups in total. The Morgan fingerprint density at radius 2 is 1.93 bits per heavy atom. The fourth-order valence-electron chi connectivity index (χ4n) is 1.10. The number of benzene rings is 1. The number of nitrogens with two attached hydrogens (primary N) is 1. The van der Waals surface area contributed by atoms with E-state index in [1.807, 2.05) is 0 Å². The van der Waals surface area contributed by atoms with Gasteiger partial charge in [-0.25, -0.2) is 0 Å². The second kappa shape index (κ2) is 4.17. The van der Waals surface area contributed by atoms with E-state index in [1.54, 1.807) is 6.92 Å². The first kappa shape index (κ1) is 10.6. The monoisotopic (exact) mass is 196 g/mol. The molecule has 76 valence electrons. The summed E-state index contributed by atoms with van der Waals surface area (Å²) in [6, 6.07) is 5.32. The molecule has 1 aromatic carbocycles. The molecule has 0 unspecified atom stereocenters. The lowest BCUT2D eigenvalue weighted by atomic mass is 10.0. The van der Waals surface area contributed by atoms with Crippen molar-refractivity contribution < 1.29 is 10.0 Å². The van der Waals surface area contributed by atoms with Gasteiger partial charge in [-0.15, -0.1) is 0 Å². The molecule has 0 radical (unpaired) electrons. The largest absolute Gasteiger partial charge is 0.387 e. The lowest BCUT2D eigenvalue weighted by Gasteiger charge is -2.13. The second-order valence-corrected chi connectivity index (χ2v) is 3.15. The Bertz CT molecular complexity index is 321. The van der Waals surface area contributed by atoms with Crippen molar-refractivity contribution in [1.82, 2.24) is 0 Å². The van der Waals surface area contributed by atoms with Gasteiger partial charge in [0.2, 0.25) is 0 Å². The first-order valence-corrected chi connectivity index (χ1v) is 4.20. The summed E-state index contributed by atoms with van der Waals surface area (Å²) >= 11 is 0. The van der Waals surface area contributed by atoms with Crippen LogP contribution in [0.15, 0.2) is 24.3 Å². The molecule has 0 heterocycles. The van der Waals surface area contributed by atoms with Crippen LogP contribution in [0.25, 0.3) is 0 Å². The van der Waals surface area contributed by atoms with Crippen LogP contribution < -0.4 is 5.73 Å². The number of nitrogens with zero attached hydrogens (tertiary/aromatic N) is 1. The summed E-state index contributed by atoms with van der Waals surface area (Å²) < 4.78 is 0. The van der Waals surface area contributed by atoms with Crippen molar-refractivity contribution in [3.8, 4) is 0 Å². The predicted octanol–water partition coefficient (Wildman–Crippen LogP) is 0.975. The Hall–Kier alpha value is -1.46. The highest BCUT2D eigenvalue weighted by molar-refractivity contribution is 5.34. The Balaban J connectivity index is 2.88. The number of non-ortho nitro benzene ring substituents is 1. The summed E-state index contributed by atoms with van der Waals surface area (Å²) in [5.74, 6) is 0. The molecule has 5 nitrogen and oxygen atoms in total. The maximum atomic E-state index is 10.3. The molecule has 0 fully saturated rings.